The molecule has 1 heterocycles. The first-order valence-corrected chi connectivity index (χ1v) is 13.1. The Labute approximate surface area is 213 Å². The van der Waals surface area contributed by atoms with Gasteiger partial charge in [-0.1, -0.05) is 12.5 Å². The minimum absolute atomic E-state index is 0.0116. The van der Waals surface area contributed by atoms with Gasteiger partial charge in [-0.3, -0.25) is 30.0 Å². The van der Waals surface area contributed by atoms with Crippen LogP contribution in [0.3, 0.4) is 0 Å². The fourth-order valence-corrected chi connectivity index (χ4v) is 5.29. The lowest BCUT2D eigenvalue weighted by Crippen LogP contribution is -2.52. The van der Waals surface area contributed by atoms with Crippen LogP contribution in [-0.2, 0) is 19.6 Å². The standard InChI is InChI=1S/C24H28FN5O6S/c25-18-9-7-16(8-10-18)22(32)27-20(11-12-21(26)31)24(34)29-28-23(33)17-5-4-6-19(15-17)37(35,36)30-13-2-1-3-14-30/h4-10,15,20H,1-3,11-14H2,(H2,26,31)(H,27,32)(H,28,33)(H,29,34)/t20-/m0/s1. The van der Waals surface area contributed by atoms with Crippen molar-refractivity contribution in [2.75, 3.05) is 13.1 Å². The monoisotopic (exact) mass is 533 g/mol. The van der Waals surface area contributed by atoms with E-state index in [1.54, 1.807) is 0 Å². The molecule has 2 aromatic carbocycles. The highest BCUT2D eigenvalue weighted by Gasteiger charge is 2.27. The van der Waals surface area contributed by atoms with Crippen molar-refractivity contribution in [3.05, 3.63) is 65.5 Å². The summed E-state index contributed by atoms with van der Waals surface area (Å²) in [5.41, 5.74) is 9.57. The van der Waals surface area contributed by atoms with Crippen LogP contribution in [0.2, 0.25) is 0 Å². The number of nitrogens with two attached hydrogens (primary N) is 1. The van der Waals surface area contributed by atoms with Gasteiger partial charge >= 0.3 is 0 Å². The molecule has 0 aliphatic carbocycles. The molecule has 5 N–H and O–H groups in total. The summed E-state index contributed by atoms with van der Waals surface area (Å²) in [5, 5.41) is 2.42. The number of carbonyl (C=O) groups is 4. The summed E-state index contributed by atoms with van der Waals surface area (Å²) < 4.78 is 40.3. The number of nitrogens with one attached hydrogen (secondary N) is 3. The first-order valence-electron chi connectivity index (χ1n) is 11.6. The van der Waals surface area contributed by atoms with Crippen molar-refractivity contribution < 1.29 is 32.0 Å². The number of hydrazine groups is 1. The summed E-state index contributed by atoms with van der Waals surface area (Å²) in [6, 6.07) is 8.76. The molecular weight excluding hydrogens is 505 g/mol. The molecular formula is C24H28FN5O6S. The van der Waals surface area contributed by atoms with Gasteiger partial charge in [-0.25, -0.2) is 12.8 Å². The summed E-state index contributed by atoms with van der Waals surface area (Å²) >= 11 is 0. The van der Waals surface area contributed by atoms with Crippen LogP contribution in [0.5, 0.6) is 0 Å². The fourth-order valence-electron chi connectivity index (χ4n) is 3.73. The quantitative estimate of drug-likeness (QED) is 0.348. The van der Waals surface area contributed by atoms with Gasteiger partial charge in [0.25, 0.3) is 17.7 Å². The molecule has 4 amide bonds. The zero-order valence-corrected chi connectivity index (χ0v) is 20.7. The van der Waals surface area contributed by atoms with Crippen LogP contribution in [0.4, 0.5) is 4.39 Å². The van der Waals surface area contributed by atoms with Gasteiger partial charge in [-0.15, -0.1) is 0 Å². The number of halogens is 1. The zero-order valence-electron chi connectivity index (χ0n) is 19.9. The van der Waals surface area contributed by atoms with Crippen LogP contribution < -0.4 is 21.9 Å². The summed E-state index contributed by atoms with van der Waals surface area (Å²) in [6.07, 6.45) is 2.10. The van der Waals surface area contributed by atoms with Gasteiger partial charge in [0.2, 0.25) is 15.9 Å². The lowest BCUT2D eigenvalue weighted by Gasteiger charge is -2.26. The van der Waals surface area contributed by atoms with Crippen molar-refractivity contribution in [2.24, 2.45) is 5.73 Å². The van der Waals surface area contributed by atoms with Crippen LogP contribution >= 0.6 is 0 Å². The summed E-state index contributed by atoms with van der Waals surface area (Å²) in [7, 11) is -3.77. The van der Waals surface area contributed by atoms with Gasteiger partial charge in [-0.2, -0.15) is 4.31 Å². The van der Waals surface area contributed by atoms with Gasteiger partial charge < -0.3 is 11.1 Å². The highest BCUT2D eigenvalue weighted by molar-refractivity contribution is 7.89. The minimum Gasteiger partial charge on any atom is -0.370 e. The van der Waals surface area contributed by atoms with Gasteiger partial charge in [0, 0.05) is 30.6 Å². The largest absolute Gasteiger partial charge is 0.370 e. The number of amides is 4. The molecule has 0 saturated carbocycles. The predicted molar refractivity (Wildman–Crippen MR) is 131 cm³/mol. The lowest BCUT2D eigenvalue weighted by atomic mass is 10.1. The number of sulfonamides is 1. The minimum atomic E-state index is -3.77. The maximum absolute atomic E-state index is 13.1. The smallest absolute Gasteiger partial charge is 0.269 e. The Hall–Kier alpha value is -3.84. The van der Waals surface area contributed by atoms with E-state index in [2.05, 4.69) is 16.2 Å². The van der Waals surface area contributed by atoms with E-state index in [0.717, 1.165) is 31.4 Å². The summed E-state index contributed by atoms with van der Waals surface area (Å²) in [6.45, 7) is 0.816. The molecule has 37 heavy (non-hydrogen) atoms. The van der Waals surface area contributed by atoms with E-state index in [4.69, 9.17) is 5.73 Å². The third-order valence-corrected chi connectivity index (χ3v) is 7.65. The molecule has 13 heteroatoms. The van der Waals surface area contributed by atoms with Crippen LogP contribution in [0, 0.1) is 5.82 Å². The van der Waals surface area contributed by atoms with Crippen molar-refractivity contribution in [3.63, 3.8) is 0 Å². The highest BCUT2D eigenvalue weighted by Crippen LogP contribution is 2.21. The molecule has 2 aromatic rings. The molecule has 0 bridgehead atoms. The maximum atomic E-state index is 13.1. The normalized spacial score (nSPS) is 14.8. The Morgan fingerprint density at radius 1 is 0.919 bits per heavy atom. The van der Waals surface area contributed by atoms with Crippen molar-refractivity contribution >= 4 is 33.7 Å². The topological polar surface area (TPSA) is 168 Å². The van der Waals surface area contributed by atoms with Crippen LogP contribution in [-0.4, -0.2) is 55.5 Å². The second kappa shape index (κ2) is 12.4. The van der Waals surface area contributed by atoms with Crippen molar-refractivity contribution in [1.29, 1.82) is 0 Å². The third-order valence-electron chi connectivity index (χ3n) is 5.76. The third kappa shape index (κ3) is 7.57. The SMILES string of the molecule is NC(=O)CC[C@H](NC(=O)c1ccc(F)cc1)C(=O)NNC(=O)c1cccc(S(=O)(=O)N2CCCCC2)c1. The Balaban J connectivity index is 1.66. The molecule has 198 valence electrons. The number of rotatable bonds is 9. The molecule has 1 saturated heterocycles. The molecule has 11 nitrogen and oxygen atoms in total. The summed E-state index contributed by atoms with van der Waals surface area (Å²) in [4.78, 5) is 49.0. The number of hydrogen-bond donors (Lipinski definition) is 4. The number of primary amides is 1. The first-order chi connectivity index (χ1) is 17.6. The maximum Gasteiger partial charge on any atom is 0.269 e. The molecule has 0 radical (unpaired) electrons. The van der Waals surface area contributed by atoms with Crippen molar-refractivity contribution in [1.82, 2.24) is 20.5 Å². The van der Waals surface area contributed by atoms with Crippen LogP contribution in [0.15, 0.2) is 53.4 Å². The van der Waals surface area contributed by atoms with Gasteiger partial charge in [0.05, 0.1) is 4.90 Å². The lowest BCUT2D eigenvalue weighted by molar-refractivity contribution is -0.124. The van der Waals surface area contributed by atoms with Crippen LogP contribution in [0.25, 0.3) is 0 Å². The number of hydrogen-bond acceptors (Lipinski definition) is 6. The second-order valence-electron chi connectivity index (χ2n) is 8.47. The average Bonchev–Trinajstić information content (AvgIpc) is 2.90. The molecule has 0 unspecified atom stereocenters. The van der Waals surface area contributed by atoms with E-state index in [0.29, 0.717) is 13.1 Å². The van der Waals surface area contributed by atoms with Crippen molar-refractivity contribution in [3.8, 4) is 0 Å². The molecule has 1 aliphatic heterocycles. The molecule has 1 atom stereocenters. The van der Waals surface area contributed by atoms with Gasteiger partial charge in [-0.05, 0) is 61.7 Å². The van der Waals surface area contributed by atoms with Gasteiger partial charge in [0.1, 0.15) is 11.9 Å². The van der Waals surface area contributed by atoms with E-state index in [1.807, 2.05) is 0 Å². The number of benzene rings is 2. The Morgan fingerprint density at radius 2 is 1.59 bits per heavy atom. The predicted octanol–water partition coefficient (Wildman–Crippen LogP) is 0.825. The second-order valence-corrected chi connectivity index (χ2v) is 10.4. The average molecular weight is 534 g/mol. The number of nitrogens with zero attached hydrogens (tertiary/aromatic N) is 1. The zero-order chi connectivity index (χ0) is 27.0. The molecule has 0 spiro atoms. The fraction of sp³-hybridized carbons (Fsp3) is 0.333. The molecule has 1 fully saturated rings. The Morgan fingerprint density at radius 3 is 2.24 bits per heavy atom. The van der Waals surface area contributed by atoms with Crippen molar-refractivity contribution in [2.45, 2.75) is 43.0 Å². The summed E-state index contributed by atoms with van der Waals surface area (Å²) in [5.74, 6) is -3.59. The highest BCUT2D eigenvalue weighted by atomic mass is 32.2. The number of piperidine rings is 1. The van der Waals surface area contributed by atoms with Gasteiger partial charge in [0.15, 0.2) is 0 Å². The Kier molecular flexibility index (Phi) is 9.31. The van der Waals surface area contributed by atoms with E-state index < -0.39 is 45.5 Å². The molecule has 0 aromatic heterocycles. The van der Waals surface area contributed by atoms with E-state index in [-0.39, 0.29) is 28.9 Å². The molecule has 1 aliphatic rings. The Bertz CT molecular complexity index is 1260. The first kappa shape index (κ1) is 27.7. The van der Waals surface area contributed by atoms with E-state index in [1.165, 1.54) is 40.7 Å². The van der Waals surface area contributed by atoms with E-state index in [9.17, 15) is 32.0 Å². The molecule has 3 rings (SSSR count). The van der Waals surface area contributed by atoms with E-state index >= 15 is 0 Å². The van der Waals surface area contributed by atoms with Crippen LogP contribution in [0.1, 0.15) is 52.8 Å². The number of carbonyl (C=O) groups excluding carboxylic acids is 4.